The first-order chi connectivity index (χ1) is 9.90. The summed E-state index contributed by atoms with van der Waals surface area (Å²) in [5.74, 6) is -1.09. The van der Waals surface area contributed by atoms with E-state index < -0.39 is 12.0 Å². The Balaban J connectivity index is 0.00000242. The van der Waals surface area contributed by atoms with E-state index in [1.807, 2.05) is 0 Å². The molecule has 0 amide bonds. The van der Waals surface area contributed by atoms with E-state index in [0.717, 1.165) is 19.5 Å². The number of morpholine rings is 1. The molecule has 1 fully saturated rings. The molecule has 0 aromatic carbocycles. The van der Waals surface area contributed by atoms with Crippen molar-refractivity contribution in [2.24, 2.45) is 5.73 Å². The summed E-state index contributed by atoms with van der Waals surface area (Å²) in [4.78, 5) is 9.10. The van der Waals surface area contributed by atoms with Gasteiger partial charge in [-0.25, -0.2) is 9.97 Å². The van der Waals surface area contributed by atoms with E-state index in [4.69, 9.17) is 10.5 Å². The molecule has 1 aromatic heterocycles. The molecule has 0 spiro atoms. The predicted octanol–water partition coefficient (Wildman–Crippen LogP) is 2.20. The van der Waals surface area contributed by atoms with E-state index in [0.29, 0.717) is 31.0 Å². The Bertz CT molecular complexity index is 489. The van der Waals surface area contributed by atoms with Crippen LogP contribution in [0, 0.1) is 6.92 Å². The van der Waals surface area contributed by atoms with Crippen LogP contribution in [-0.2, 0) is 17.5 Å². The number of hydrogen-bond acceptors (Lipinski definition) is 5. The molecular weight excluding hydrogens is 356 g/mol. The summed E-state index contributed by atoms with van der Waals surface area (Å²) >= 11 is 0. The van der Waals surface area contributed by atoms with Gasteiger partial charge in [0.1, 0.15) is 0 Å². The van der Waals surface area contributed by atoms with Gasteiger partial charge in [0.15, 0.2) is 0 Å². The minimum atomic E-state index is -4.51. The SMILES string of the molecule is Cc1nc(C(F)(F)F)ncc1CN1CCOC(CCN)C1.Cl.Cl. The third-order valence-corrected chi connectivity index (χ3v) is 3.44. The summed E-state index contributed by atoms with van der Waals surface area (Å²) in [5, 5.41) is 0. The van der Waals surface area contributed by atoms with Crippen molar-refractivity contribution in [2.75, 3.05) is 26.2 Å². The van der Waals surface area contributed by atoms with Gasteiger partial charge in [0, 0.05) is 37.1 Å². The average Bonchev–Trinajstić information content (AvgIpc) is 2.41. The van der Waals surface area contributed by atoms with Crippen molar-refractivity contribution in [3.63, 3.8) is 0 Å². The highest BCUT2D eigenvalue weighted by Crippen LogP contribution is 2.26. The summed E-state index contributed by atoms with van der Waals surface area (Å²) < 4.78 is 43.2. The van der Waals surface area contributed by atoms with Gasteiger partial charge in [-0.2, -0.15) is 13.2 Å². The summed E-state index contributed by atoms with van der Waals surface area (Å²) in [6, 6.07) is 0. The van der Waals surface area contributed by atoms with E-state index in [1.165, 1.54) is 6.20 Å². The number of alkyl halides is 3. The molecule has 0 saturated carbocycles. The van der Waals surface area contributed by atoms with Crippen LogP contribution in [0.1, 0.15) is 23.5 Å². The van der Waals surface area contributed by atoms with E-state index in [-0.39, 0.29) is 30.9 Å². The zero-order valence-electron chi connectivity index (χ0n) is 12.7. The first-order valence-corrected chi connectivity index (χ1v) is 6.84. The fourth-order valence-electron chi connectivity index (χ4n) is 2.31. The maximum Gasteiger partial charge on any atom is 0.451 e. The zero-order chi connectivity index (χ0) is 15.5. The van der Waals surface area contributed by atoms with Gasteiger partial charge in [0.25, 0.3) is 0 Å². The molecule has 2 rings (SSSR count). The van der Waals surface area contributed by atoms with Crippen LogP contribution in [0.25, 0.3) is 0 Å². The molecule has 23 heavy (non-hydrogen) atoms. The molecule has 2 N–H and O–H groups in total. The monoisotopic (exact) mass is 376 g/mol. The Hall–Kier alpha value is -0.670. The van der Waals surface area contributed by atoms with Gasteiger partial charge >= 0.3 is 6.18 Å². The third kappa shape index (κ3) is 6.39. The zero-order valence-corrected chi connectivity index (χ0v) is 14.3. The minimum Gasteiger partial charge on any atom is -0.376 e. The smallest absolute Gasteiger partial charge is 0.376 e. The van der Waals surface area contributed by atoms with Crippen LogP contribution in [0.2, 0.25) is 0 Å². The predicted molar refractivity (Wildman–Crippen MR) is 85.0 cm³/mol. The first kappa shape index (κ1) is 22.3. The fourth-order valence-corrected chi connectivity index (χ4v) is 2.31. The number of nitrogens with zero attached hydrogens (tertiary/aromatic N) is 3. The molecule has 0 bridgehead atoms. The van der Waals surface area contributed by atoms with Crippen molar-refractivity contribution in [3.8, 4) is 0 Å². The van der Waals surface area contributed by atoms with Crippen LogP contribution >= 0.6 is 24.8 Å². The molecule has 2 heterocycles. The number of aromatic nitrogens is 2. The Labute approximate surface area is 145 Å². The van der Waals surface area contributed by atoms with Gasteiger partial charge < -0.3 is 10.5 Å². The molecule has 1 aliphatic heterocycles. The third-order valence-electron chi connectivity index (χ3n) is 3.44. The van der Waals surface area contributed by atoms with Crippen LogP contribution in [0.3, 0.4) is 0 Å². The molecule has 1 saturated heterocycles. The van der Waals surface area contributed by atoms with Crippen molar-refractivity contribution in [1.29, 1.82) is 0 Å². The van der Waals surface area contributed by atoms with Crippen molar-refractivity contribution in [1.82, 2.24) is 14.9 Å². The molecular formula is C13H21Cl2F3N4O. The topological polar surface area (TPSA) is 64.3 Å². The van der Waals surface area contributed by atoms with Gasteiger partial charge in [-0.15, -0.1) is 24.8 Å². The maximum absolute atomic E-state index is 12.5. The van der Waals surface area contributed by atoms with Crippen molar-refractivity contribution >= 4 is 24.8 Å². The molecule has 1 aliphatic rings. The maximum atomic E-state index is 12.5. The van der Waals surface area contributed by atoms with Crippen LogP contribution < -0.4 is 5.73 Å². The normalized spacial score (nSPS) is 18.9. The first-order valence-electron chi connectivity index (χ1n) is 6.84. The summed E-state index contributed by atoms with van der Waals surface area (Å²) in [6.45, 7) is 4.71. The molecule has 1 atom stereocenters. The highest BCUT2D eigenvalue weighted by atomic mass is 35.5. The highest BCUT2D eigenvalue weighted by molar-refractivity contribution is 5.85. The Morgan fingerprint density at radius 1 is 1.39 bits per heavy atom. The molecule has 10 heteroatoms. The summed E-state index contributed by atoms with van der Waals surface area (Å²) in [7, 11) is 0. The molecule has 1 unspecified atom stereocenters. The van der Waals surface area contributed by atoms with Gasteiger partial charge in [0.05, 0.1) is 12.7 Å². The Kier molecular flexibility index (Phi) is 9.30. The van der Waals surface area contributed by atoms with Crippen LogP contribution in [0.4, 0.5) is 13.2 Å². The summed E-state index contributed by atoms with van der Waals surface area (Å²) in [5.41, 5.74) is 6.58. The Morgan fingerprint density at radius 3 is 2.65 bits per heavy atom. The number of ether oxygens (including phenoxy) is 1. The van der Waals surface area contributed by atoms with Crippen LogP contribution in [-0.4, -0.2) is 47.2 Å². The largest absolute Gasteiger partial charge is 0.451 e. The fraction of sp³-hybridized carbons (Fsp3) is 0.692. The number of aryl methyl sites for hydroxylation is 1. The molecule has 134 valence electrons. The second-order valence-corrected chi connectivity index (χ2v) is 5.11. The van der Waals surface area contributed by atoms with E-state index in [9.17, 15) is 13.2 Å². The highest BCUT2D eigenvalue weighted by Gasteiger charge is 2.35. The lowest BCUT2D eigenvalue weighted by Crippen LogP contribution is -2.42. The van der Waals surface area contributed by atoms with Crippen molar-refractivity contribution in [2.45, 2.75) is 32.2 Å². The summed E-state index contributed by atoms with van der Waals surface area (Å²) in [6.07, 6.45) is -2.38. The van der Waals surface area contributed by atoms with E-state index in [2.05, 4.69) is 14.9 Å². The van der Waals surface area contributed by atoms with Gasteiger partial charge in [-0.1, -0.05) is 0 Å². The van der Waals surface area contributed by atoms with Crippen LogP contribution in [0.15, 0.2) is 6.20 Å². The quantitative estimate of drug-likeness (QED) is 0.872. The number of hydrogen-bond donors (Lipinski definition) is 1. The number of rotatable bonds is 4. The lowest BCUT2D eigenvalue weighted by Gasteiger charge is -2.33. The standard InChI is InChI=1S/C13H19F3N4O.2ClH/c1-9-10(6-18-12(19-9)13(14,15)16)7-20-4-5-21-11(8-20)2-3-17;;/h6,11H,2-5,7-8,17H2,1H3;2*1H. The second-order valence-electron chi connectivity index (χ2n) is 5.11. The van der Waals surface area contributed by atoms with Crippen molar-refractivity contribution in [3.05, 3.63) is 23.3 Å². The van der Waals surface area contributed by atoms with Gasteiger partial charge in [-0.3, -0.25) is 4.90 Å². The Morgan fingerprint density at radius 2 is 2.09 bits per heavy atom. The van der Waals surface area contributed by atoms with Gasteiger partial charge in [-0.05, 0) is 19.9 Å². The molecule has 1 aromatic rings. The van der Waals surface area contributed by atoms with Crippen molar-refractivity contribution < 1.29 is 17.9 Å². The molecule has 5 nitrogen and oxygen atoms in total. The molecule has 0 radical (unpaired) electrons. The minimum absolute atomic E-state index is 0. The van der Waals surface area contributed by atoms with E-state index in [1.54, 1.807) is 6.92 Å². The second kappa shape index (κ2) is 9.58. The number of halogens is 5. The lowest BCUT2D eigenvalue weighted by atomic mass is 10.1. The average molecular weight is 377 g/mol. The van der Waals surface area contributed by atoms with Gasteiger partial charge in [0.2, 0.25) is 5.82 Å². The molecule has 0 aliphatic carbocycles. The van der Waals surface area contributed by atoms with E-state index >= 15 is 0 Å². The van der Waals surface area contributed by atoms with Crippen LogP contribution in [0.5, 0.6) is 0 Å². The number of nitrogens with two attached hydrogens (primary N) is 1. The lowest BCUT2D eigenvalue weighted by molar-refractivity contribution is -0.145.